The molecule has 0 saturated carbocycles. The van der Waals surface area contributed by atoms with Gasteiger partial charge in [0.25, 0.3) is 0 Å². The highest BCUT2D eigenvalue weighted by molar-refractivity contribution is 9.10. The standard InChI is InChI=1S/C14H16BrNOS/c1-3-11(14-5-4-8-18-14)16-12-9-10(15)6-7-13(12)17-2/h4-9,11,16H,3H2,1-2H3. The Bertz CT molecular complexity index is 499. The Morgan fingerprint density at radius 3 is 2.83 bits per heavy atom. The normalized spacial score (nSPS) is 12.2. The van der Waals surface area contributed by atoms with Gasteiger partial charge < -0.3 is 10.1 Å². The van der Waals surface area contributed by atoms with E-state index in [1.54, 1.807) is 18.4 Å². The molecule has 1 aromatic carbocycles. The van der Waals surface area contributed by atoms with Gasteiger partial charge in [-0.25, -0.2) is 0 Å². The predicted octanol–water partition coefficient (Wildman–Crippen LogP) is 5.08. The molecule has 1 unspecified atom stereocenters. The van der Waals surface area contributed by atoms with Crippen LogP contribution in [-0.4, -0.2) is 7.11 Å². The van der Waals surface area contributed by atoms with Crippen LogP contribution in [0.25, 0.3) is 0 Å². The fraction of sp³-hybridized carbons (Fsp3) is 0.286. The van der Waals surface area contributed by atoms with Gasteiger partial charge in [-0.2, -0.15) is 0 Å². The molecular weight excluding hydrogens is 310 g/mol. The fourth-order valence-corrected chi connectivity index (χ4v) is 3.07. The summed E-state index contributed by atoms with van der Waals surface area (Å²) in [5.41, 5.74) is 1.02. The van der Waals surface area contributed by atoms with Crippen molar-refractivity contribution in [2.75, 3.05) is 12.4 Å². The Kier molecular flexibility index (Phi) is 4.66. The first-order valence-corrected chi connectivity index (χ1v) is 7.55. The summed E-state index contributed by atoms with van der Waals surface area (Å²) in [7, 11) is 1.69. The summed E-state index contributed by atoms with van der Waals surface area (Å²) in [6, 6.07) is 10.6. The van der Waals surface area contributed by atoms with Gasteiger partial charge in [0.15, 0.2) is 0 Å². The van der Waals surface area contributed by atoms with Crippen molar-refractivity contribution in [2.45, 2.75) is 19.4 Å². The van der Waals surface area contributed by atoms with Crippen LogP contribution in [0.5, 0.6) is 5.75 Å². The van der Waals surface area contributed by atoms with E-state index >= 15 is 0 Å². The molecule has 0 fully saturated rings. The van der Waals surface area contributed by atoms with Crippen molar-refractivity contribution < 1.29 is 4.74 Å². The predicted molar refractivity (Wildman–Crippen MR) is 81.7 cm³/mol. The van der Waals surface area contributed by atoms with Crippen LogP contribution < -0.4 is 10.1 Å². The molecule has 2 aromatic rings. The number of ether oxygens (including phenoxy) is 1. The largest absolute Gasteiger partial charge is 0.495 e. The zero-order valence-corrected chi connectivity index (χ0v) is 12.8. The molecule has 1 aromatic heterocycles. The second-order valence-electron chi connectivity index (χ2n) is 3.97. The number of rotatable bonds is 5. The number of hydrogen-bond acceptors (Lipinski definition) is 3. The molecular formula is C14H16BrNOS. The van der Waals surface area contributed by atoms with E-state index in [0.29, 0.717) is 6.04 Å². The van der Waals surface area contributed by atoms with Crippen LogP contribution in [0.4, 0.5) is 5.69 Å². The van der Waals surface area contributed by atoms with Crippen molar-refractivity contribution in [3.63, 3.8) is 0 Å². The summed E-state index contributed by atoms with van der Waals surface area (Å²) in [6.07, 6.45) is 1.04. The first kappa shape index (κ1) is 13.4. The van der Waals surface area contributed by atoms with Gasteiger partial charge in [-0.15, -0.1) is 11.3 Å². The van der Waals surface area contributed by atoms with Crippen LogP contribution in [0, 0.1) is 0 Å². The summed E-state index contributed by atoms with van der Waals surface area (Å²) in [4.78, 5) is 1.35. The molecule has 4 heteroatoms. The molecule has 18 heavy (non-hydrogen) atoms. The smallest absolute Gasteiger partial charge is 0.142 e. The Morgan fingerprint density at radius 1 is 1.39 bits per heavy atom. The number of benzene rings is 1. The zero-order valence-electron chi connectivity index (χ0n) is 10.4. The Morgan fingerprint density at radius 2 is 2.22 bits per heavy atom. The molecule has 1 N–H and O–H groups in total. The van der Waals surface area contributed by atoms with Crippen molar-refractivity contribution in [1.82, 2.24) is 0 Å². The van der Waals surface area contributed by atoms with E-state index in [-0.39, 0.29) is 0 Å². The van der Waals surface area contributed by atoms with E-state index in [4.69, 9.17) is 4.74 Å². The van der Waals surface area contributed by atoms with Gasteiger partial charge in [0, 0.05) is 9.35 Å². The van der Waals surface area contributed by atoms with Gasteiger partial charge in [0.2, 0.25) is 0 Å². The summed E-state index contributed by atoms with van der Waals surface area (Å²) in [5, 5.41) is 5.66. The molecule has 0 saturated heterocycles. The van der Waals surface area contributed by atoms with E-state index in [9.17, 15) is 0 Å². The van der Waals surface area contributed by atoms with E-state index in [0.717, 1.165) is 22.3 Å². The van der Waals surface area contributed by atoms with Crippen LogP contribution in [0.3, 0.4) is 0 Å². The minimum absolute atomic E-state index is 0.327. The first-order valence-electron chi connectivity index (χ1n) is 5.88. The molecule has 1 atom stereocenters. The van der Waals surface area contributed by atoms with E-state index in [2.05, 4.69) is 51.7 Å². The van der Waals surface area contributed by atoms with Gasteiger partial charge in [0.05, 0.1) is 18.8 Å². The summed E-state index contributed by atoms with van der Waals surface area (Å²) >= 11 is 5.27. The Labute approximate surface area is 120 Å². The molecule has 0 spiro atoms. The summed E-state index contributed by atoms with van der Waals surface area (Å²) in [5.74, 6) is 0.869. The maximum atomic E-state index is 5.38. The summed E-state index contributed by atoms with van der Waals surface area (Å²) in [6.45, 7) is 2.18. The molecule has 1 heterocycles. The van der Waals surface area contributed by atoms with Crippen molar-refractivity contribution in [3.05, 3.63) is 45.1 Å². The van der Waals surface area contributed by atoms with Gasteiger partial charge in [-0.3, -0.25) is 0 Å². The highest BCUT2D eigenvalue weighted by Gasteiger charge is 2.12. The van der Waals surface area contributed by atoms with E-state index < -0.39 is 0 Å². The first-order chi connectivity index (χ1) is 8.74. The second kappa shape index (κ2) is 6.25. The van der Waals surface area contributed by atoms with E-state index in [1.807, 2.05) is 12.1 Å². The van der Waals surface area contributed by atoms with E-state index in [1.165, 1.54) is 4.88 Å². The highest BCUT2D eigenvalue weighted by atomic mass is 79.9. The number of nitrogens with one attached hydrogen (secondary N) is 1. The lowest BCUT2D eigenvalue weighted by molar-refractivity contribution is 0.416. The highest BCUT2D eigenvalue weighted by Crippen LogP contribution is 2.33. The monoisotopic (exact) mass is 325 g/mol. The van der Waals surface area contributed by atoms with Crippen molar-refractivity contribution in [2.24, 2.45) is 0 Å². The number of thiophene rings is 1. The number of halogens is 1. The Balaban J connectivity index is 2.24. The van der Waals surface area contributed by atoms with Gasteiger partial charge >= 0.3 is 0 Å². The molecule has 0 aliphatic rings. The number of hydrogen-bond donors (Lipinski definition) is 1. The molecule has 2 rings (SSSR count). The molecule has 0 amide bonds. The third kappa shape index (κ3) is 3.06. The topological polar surface area (TPSA) is 21.3 Å². The molecule has 0 bridgehead atoms. The molecule has 0 radical (unpaired) electrons. The van der Waals surface area contributed by atoms with Crippen molar-refractivity contribution in [3.8, 4) is 5.75 Å². The third-order valence-corrected chi connectivity index (χ3v) is 4.27. The second-order valence-corrected chi connectivity index (χ2v) is 5.86. The average molecular weight is 326 g/mol. The maximum Gasteiger partial charge on any atom is 0.142 e. The van der Waals surface area contributed by atoms with Crippen molar-refractivity contribution in [1.29, 1.82) is 0 Å². The van der Waals surface area contributed by atoms with Gasteiger partial charge in [-0.1, -0.05) is 28.9 Å². The summed E-state index contributed by atoms with van der Waals surface area (Å²) < 4.78 is 6.43. The van der Waals surface area contributed by atoms with Gasteiger partial charge in [-0.05, 0) is 36.1 Å². The zero-order chi connectivity index (χ0) is 13.0. The van der Waals surface area contributed by atoms with Crippen molar-refractivity contribution >= 4 is 33.0 Å². The lowest BCUT2D eigenvalue weighted by atomic mass is 10.1. The van der Waals surface area contributed by atoms with Crippen LogP contribution >= 0.6 is 27.3 Å². The minimum Gasteiger partial charge on any atom is -0.495 e. The number of anilines is 1. The lowest BCUT2D eigenvalue weighted by Gasteiger charge is -2.19. The van der Waals surface area contributed by atoms with Crippen LogP contribution in [-0.2, 0) is 0 Å². The molecule has 0 aliphatic carbocycles. The average Bonchev–Trinajstić information content (AvgIpc) is 2.90. The molecule has 2 nitrogen and oxygen atoms in total. The number of methoxy groups -OCH3 is 1. The minimum atomic E-state index is 0.327. The quantitative estimate of drug-likeness (QED) is 0.827. The van der Waals surface area contributed by atoms with Crippen LogP contribution in [0.1, 0.15) is 24.3 Å². The fourth-order valence-electron chi connectivity index (χ4n) is 1.84. The Hall–Kier alpha value is -1.00. The van der Waals surface area contributed by atoms with Crippen LogP contribution in [0.2, 0.25) is 0 Å². The van der Waals surface area contributed by atoms with Crippen LogP contribution in [0.15, 0.2) is 40.2 Å². The van der Waals surface area contributed by atoms with Gasteiger partial charge in [0.1, 0.15) is 5.75 Å². The maximum absolute atomic E-state index is 5.38. The lowest BCUT2D eigenvalue weighted by Crippen LogP contribution is -2.09. The molecule has 0 aliphatic heterocycles. The molecule has 96 valence electrons. The SMILES string of the molecule is CCC(Nc1cc(Br)ccc1OC)c1cccs1. The third-order valence-electron chi connectivity index (χ3n) is 2.79.